The molecule has 1 unspecified atom stereocenters. The van der Waals surface area contributed by atoms with Crippen LogP contribution in [-0.2, 0) is 0 Å². The van der Waals surface area contributed by atoms with Gasteiger partial charge in [0.15, 0.2) is 0 Å². The highest BCUT2D eigenvalue weighted by atomic mass is 32.1. The highest BCUT2D eigenvalue weighted by molar-refractivity contribution is 7.10. The lowest BCUT2D eigenvalue weighted by molar-refractivity contribution is 0.231. The van der Waals surface area contributed by atoms with Crippen LogP contribution in [0.15, 0.2) is 36.0 Å². The van der Waals surface area contributed by atoms with Crippen molar-refractivity contribution in [3.05, 3.63) is 40.8 Å². The zero-order valence-corrected chi connectivity index (χ0v) is 13.9. The predicted molar refractivity (Wildman–Crippen MR) is 91.7 cm³/mol. The fourth-order valence-corrected chi connectivity index (χ4v) is 3.45. The minimum Gasteiger partial charge on any atom is -0.341 e. The van der Waals surface area contributed by atoms with E-state index in [1.165, 1.54) is 0 Å². The van der Waals surface area contributed by atoms with E-state index in [-0.39, 0.29) is 18.1 Å². The molecule has 1 aliphatic heterocycles. The highest BCUT2D eigenvalue weighted by Crippen LogP contribution is 2.18. The van der Waals surface area contributed by atoms with E-state index in [9.17, 15) is 4.79 Å². The average Bonchev–Trinajstić information content (AvgIpc) is 3.11. The third kappa shape index (κ3) is 4.19. The monoisotopic (exact) mass is 331 g/mol. The first-order valence-electron chi connectivity index (χ1n) is 7.85. The number of thiophene rings is 1. The fraction of sp³-hybridized carbons (Fsp3) is 0.438. The first kappa shape index (κ1) is 15.7. The molecule has 1 atom stereocenters. The molecule has 2 aromatic rings. The number of nitrogens with zero attached hydrogens (tertiary/aromatic N) is 3. The lowest BCUT2D eigenvalue weighted by Crippen LogP contribution is -2.48. The van der Waals surface area contributed by atoms with Gasteiger partial charge in [-0.25, -0.2) is 14.8 Å². The number of hydrogen-bond donors (Lipinski definition) is 2. The van der Waals surface area contributed by atoms with E-state index in [1.807, 2.05) is 30.5 Å². The highest BCUT2D eigenvalue weighted by Gasteiger charge is 2.22. The van der Waals surface area contributed by atoms with Crippen molar-refractivity contribution in [3.63, 3.8) is 0 Å². The van der Waals surface area contributed by atoms with Gasteiger partial charge in [-0.1, -0.05) is 6.07 Å². The SMILES string of the molecule is CC(NC(=O)NC1CCN(c2ncccn2)CC1)c1cccs1. The van der Waals surface area contributed by atoms with E-state index < -0.39 is 0 Å². The Hall–Kier alpha value is -2.15. The van der Waals surface area contributed by atoms with Crippen LogP contribution >= 0.6 is 11.3 Å². The number of carbonyl (C=O) groups excluding carboxylic acids is 1. The molecule has 0 aliphatic carbocycles. The van der Waals surface area contributed by atoms with Crippen LogP contribution in [0.3, 0.4) is 0 Å². The maximum absolute atomic E-state index is 12.1. The summed E-state index contributed by atoms with van der Waals surface area (Å²) >= 11 is 1.65. The quantitative estimate of drug-likeness (QED) is 0.903. The molecule has 0 saturated carbocycles. The van der Waals surface area contributed by atoms with Crippen LogP contribution < -0.4 is 15.5 Å². The molecule has 1 aliphatic rings. The first-order valence-corrected chi connectivity index (χ1v) is 8.73. The molecule has 0 spiro atoms. The zero-order valence-electron chi connectivity index (χ0n) is 13.1. The molecular weight excluding hydrogens is 310 g/mol. The van der Waals surface area contributed by atoms with Crippen molar-refractivity contribution in [2.24, 2.45) is 0 Å². The number of carbonyl (C=O) groups is 1. The van der Waals surface area contributed by atoms with Crippen LogP contribution in [0, 0.1) is 0 Å². The number of hydrogen-bond acceptors (Lipinski definition) is 5. The van der Waals surface area contributed by atoms with Crippen LogP contribution in [-0.4, -0.2) is 35.1 Å². The van der Waals surface area contributed by atoms with Gasteiger partial charge in [0, 0.05) is 36.4 Å². The van der Waals surface area contributed by atoms with Gasteiger partial charge in [-0.15, -0.1) is 11.3 Å². The lowest BCUT2D eigenvalue weighted by Gasteiger charge is -2.32. The number of aromatic nitrogens is 2. The van der Waals surface area contributed by atoms with Crippen LogP contribution in [0.5, 0.6) is 0 Å². The molecule has 122 valence electrons. The summed E-state index contributed by atoms with van der Waals surface area (Å²) in [7, 11) is 0. The number of urea groups is 1. The summed E-state index contributed by atoms with van der Waals surface area (Å²) in [6.07, 6.45) is 5.32. The Bertz CT molecular complexity index is 611. The van der Waals surface area contributed by atoms with Crippen LogP contribution in [0.4, 0.5) is 10.7 Å². The molecular formula is C16H21N5OS. The van der Waals surface area contributed by atoms with Gasteiger partial charge >= 0.3 is 6.03 Å². The van der Waals surface area contributed by atoms with Gasteiger partial charge in [-0.05, 0) is 37.3 Å². The average molecular weight is 331 g/mol. The van der Waals surface area contributed by atoms with Gasteiger partial charge in [0.1, 0.15) is 0 Å². The van der Waals surface area contributed by atoms with Gasteiger partial charge in [0.25, 0.3) is 0 Å². The third-order valence-electron chi connectivity index (χ3n) is 3.98. The number of anilines is 1. The Balaban J connectivity index is 1.44. The molecule has 3 heterocycles. The van der Waals surface area contributed by atoms with Gasteiger partial charge < -0.3 is 15.5 Å². The van der Waals surface area contributed by atoms with Crippen molar-refractivity contribution < 1.29 is 4.79 Å². The van der Waals surface area contributed by atoms with Crippen molar-refractivity contribution in [2.75, 3.05) is 18.0 Å². The van der Waals surface area contributed by atoms with Gasteiger partial charge in [-0.2, -0.15) is 0 Å². The number of piperidine rings is 1. The number of amides is 2. The van der Waals surface area contributed by atoms with Gasteiger partial charge in [0.2, 0.25) is 5.95 Å². The first-order chi connectivity index (χ1) is 11.2. The molecule has 2 aromatic heterocycles. The minimum absolute atomic E-state index is 0.0350. The second-order valence-electron chi connectivity index (χ2n) is 5.67. The van der Waals surface area contributed by atoms with E-state index in [4.69, 9.17) is 0 Å². The Morgan fingerprint density at radius 2 is 2.04 bits per heavy atom. The summed E-state index contributed by atoms with van der Waals surface area (Å²) < 4.78 is 0. The van der Waals surface area contributed by atoms with Crippen molar-refractivity contribution >= 4 is 23.3 Å². The Morgan fingerprint density at radius 3 is 2.70 bits per heavy atom. The summed E-state index contributed by atoms with van der Waals surface area (Å²) in [4.78, 5) is 24.0. The van der Waals surface area contributed by atoms with Crippen molar-refractivity contribution in [1.82, 2.24) is 20.6 Å². The number of rotatable bonds is 4. The van der Waals surface area contributed by atoms with Crippen LogP contribution in [0.1, 0.15) is 30.7 Å². The second kappa shape index (κ2) is 7.41. The van der Waals surface area contributed by atoms with E-state index in [0.29, 0.717) is 0 Å². The summed E-state index contributed by atoms with van der Waals surface area (Å²) in [5.74, 6) is 0.765. The van der Waals surface area contributed by atoms with E-state index in [0.717, 1.165) is 36.8 Å². The van der Waals surface area contributed by atoms with E-state index in [1.54, 1.807) is 23.7 Å². The molecule has 7 heteroatoms. The smallest absolute Gasteiger partial charge is 0.315 e. The standard InChI is InChI=1S/C16H21N5OS/c1-12(14-4-2-11-23-14)19-16(22)20-13-5-9-21(10-6-13)15-17-7-3-8-18-15/h2-4,7-8,11-13H,5-6,9-10H2,1H3,(H2,19,20,22). The van der Waals surface area contributed by atoms with Crippen molar-refractivity contribution in [3.8, 4) is 0 Å². The molecule has 23 heavy (non-hydrogen) atoms. The Kier molecular flexibility index (Phi) is 5.07. The minimum atomic E-state index is -0.0969. The third-order valence-corrected chi connectivity index (χ3v) is 5.04. The summed E-state index contributed by atoms with van der Waals surface area (Å²) in [5, 5.41) is 8.09. The lowest BCUT2D eigenvalue weighted by atomic mass is 10.1. The molecule has 0 aromatic carbocycles. The summed E-state index contributed by atoms with van der Waals surface area (Å²) in [6, 6.07) is 5.99. The predicted octanol–water partition coefficient (Wildman–Crippen LogP) is 2.57. The second-order valence-corrected chi connectivity index (χ2v) is 6.64. The maximum Gasteiger partial charge on any atom is 0.315 e. The summed E-state index contributed by atoms with van der Waals surface area (Å²) in [6.45, 7) is 3.71. The Labute approximate surface area is 140 Å². The molecule has 0 radical (unpaired) electrons. The molecule has 2 N–H and O–H groups in total. The molecule has 1 saturated heterocycles. The molecule has 3 rings (SSSR count). The molecule has 0 bridgehead atoms. The summed E-state index contributed by atoms with van der Waals surface area (Å²) in [5.41, 5.74) is 0. The largest absolute Gasteiger partial charge is 0.341 e. The topological polar surface area (TPSA) is 70.2 Å². The van der Waals surface area contributed by atoms with Gasteiger partial charge in [0.05, 0.1) is 6.04 Å². The Morgan fingerprint density at radius 1 is 1.30 bits per heavy atom. The van der Waals surface area contributed by atoms with Crippen molar-refractivity contribution in [1.29, 1.82) is 0 Å². The van der Waals surface area contributed by atoms with Crippen LogP contribution in [0.25, 0.3) is 0 Å². The molecule has 1 fully saturated rings. The number of nitrogens with one attached hydrogen (secondary N) is 2. The van der Waals surface area contributed by atoms with Gasteiger partial charge in [-0.3, -0.25) is 0 Å². The van der Waals surface area contributed by atoms with Crippen molar-refractivity contribution in [2.45, 2.75) is 31.8 Å². The van der Waals surface area contributed by atoms with Crippen LogP contribution in [0.2, 0.25) is 0 Å². The fourth-order valence-electron chi connectivity index (χ4n) is 2.71. The zero-order chi connectivity index (χ0) is 16.1. The van der Waals surface area contributed by atoms with E-state index >= 15 is 0 Å². The molecule has 2 amide bonds. The molecule has 6 nitrogen and oxygen atoms in total. The van der Waals surface area contributed by atoms with E-state index in [2.05, 4.69) is 25.5 Å². The maximum atomic E-state index is 12.1. The normalized spacial score (nSPS) is 16.8.